The van der Waals surface area contributed by atoms with Crippen molar-refractivity contribution in [2.45, 2.75) is 26.2 Å². The molecule has 0 saturated carbocycles. The average molecular weight is 220 g/mol. The molecule has 2 aromatic heterocycles. The molecule has 0 amide bonds. The Hall–Kier alpha value is -1.55. The van der Waals surface area contributed by atoms with Crippen molar-refractivity contribution in [1.82, 2.24) is 10.2 Å². The van der Waals surface area contributed by atoms with E-state index in [2.05, 4.69) is 24.0 Å². The summed E-state index contributed by atoms with van der Waals surface area (Å²) in [6.07, 6.45) is 2.22. The number of furan rings is 1. The highest BCUT2D eigenvalue weighted by Crippen LogP contribution is 2.28. The Labute approximate surface area is 94.3 Å². The Morgan fingerprint density at radius 1 is 1.50 bits per heavy atom. The van der Waals surface area contributed by atoms with Crippen molar-refractivity contribution >= 4 is 0 Å². The fraction of sp³-hybridized carbons (Fsp3) is 0.417. The van der Waals surface area contributed by atoms with E-state index in [-0.39, 0.29) is 6.61 Å². The summed E-state index contributed by atoms with van der Waals surface area (Å²) in [4.78, 5) is 0. The van der Waals surface area contributed by atoms with Crippen LogP contribution in [-0.2, 0) is 6.42 Å². The molecular weight excluding hydrogens is 204 g/mol. The van der Waals surface area contributed by atoms with E-state index in [4.69, 9.17) is 9.52 Å². The first-order chi connectivity index (χ1) is 7.74. The molecule has 0 aromatic carbocycles. The van der Waals surface area contributed by atoms with Gasteiger partial charge in [0.05, 0.1) is 6.26 Å². The molecule has 0 radical (unpaired) electrons. The summed E-state index contributed by atoms with van der Waals surface area (Å²) in [6, 6.07) is 3.71. The predicted octanol–water partition coefficient (Wildman–Crippen LogP) is 2.33. The first kappa shape index (κ1) is 11.0. The number of rotatable bonds is 4. The minimum atomic E-state index is 0.118. The molecule has 2 N–H and O–H groups in total. The van der Waals surface area contributed by atoms with E-state index in [1.165, 1.54) is 0 Å². The SMILES string of the molecule is CC(C)c1[nH]nc(-c2ccco2)c1CCO. The lowest BCUT2D eigenvalue weighted by Crippen LogP contribution is -1.98. The molecule has 0 bridgehead atoms. The van der Waals surface area contributed by atoms with Gasteiger partial charge >= 0.3 is 0 Å². The third-order valence-electron chi connectivity index (χ3n) is 2.59. The number of hydrogen-bond acceptors (Lipinski definition) is 3. The van der Waals surface area contributed by atoms with Crippen LogP contribution in [-0.4, -0.2) is 21.9 Å². The fourth-order valence-electron chi connectivity index (χ4n) is 1.84. The predicted molar refractivity (Wildman–Crippen MR) is 61.2 cm³/mol. The van der Waals surface area contributed by atoms with Gasteiger partial charge in [0.15, 0.2) is 5.76 Å². The van der Waals surface area contributed by atoms with Gasteiger partial charge in [-0.3, -0.25) is 5.10 Å². The highest BCUT2D eigenvalue weighted by Gasteiger charge is 2.17. The standard InChI is InChI=1S/C12H16N2O2/c1-8(2)11-9(5-6-15)12(14-13-11)10-4-3-7-16-10/h3-4,7-8,15H,5-6H2,1-2H3,(H,13,14). The molecule has 0 aliphatic heterocycles. The van der Waals surface area contributed by atoms with Gasteiger partial charge in [0.1, 0.15) is 5.69 Å². The van der Waals surface area contributed by atoms with E-state index in [0.29, 0.717) is 12.3 Å². The van der Waals surface area contributed by atoms with E-state index in [0.717, 1.165) is 22.7 Å². The molecule has 0 aliphatic rings. The Bertz CT molecular complexity index is 444. The monoisotopic (exact) mass is 220 g/mol. The molecule has 2 rings (SSSR count). The van der Waals surface area contributed by atoms with Crippen molar-refractivity contribution in [1.29, 1.82) is 0 Å². The van der Waals surface area contributed by atoms with Crippen LogP contribution in [0.5, 0.6) is 0 Å². The van der Waals surface area contributed by atoms with Crippen molar-refractivity contribution in [2.24, 2.45) is 0 Å². The zero-order chi connectivity index (χ0) is 11.5. The summed E-state index contributed by atoms with van der Waals surface area (Å²) < 4.78 is 5.34. The van der Waals surface area contributed by atoms with E-state index >= 15 is 0 Å². The molecule has 0 unspecified atom stereocenters. The maximum absolute atomic E-state index is 9.09. The molecule has 86 valence electrons. The van der Waals surface area contributed by atoms with Crippen LogP contribution in [0.2, 0.25) is 0 Å². The summed E-state index contributed by atoms with van der Waals surface area (Å²) in [7, 11) is 0. The second kappa shape index (κ2) is 4.53. The molecule has 16 heavy (non-hydrogen) atoms. The lowest BCUT2D eigenvalue weighted by Gasteiger charge is -2.05. The van der Waals surface area contributed by atoms with Gasteiger partial charge in [-0.15, -0.1) is 0 Å². The minimum absolute atomic E-state index is 0.118. The number of nitrogens with zero attached hydrogens (tertiary/aromatic N) is 1. The third kappa shape index (κ3) is 1.88. The summed E-state index contributed by atoms with van der Waals surface area (Å²) in [6.45, 7) is 4.31. The smallest absolute Gasteiger partial charge is 0.154 e. The largest absolute Gasteiger partial charge is 0.463 e. The van der Waals surface area contributed by atoms with E-state index < -0.39 is 0 Å². The summed E-state index contributed by atoms with van der Waals surface area (Å²) in [5.41, 5.74) is 2.93. The van der Waals surface area contributed by atoms with Gasteiger partial charge in [0, 0.05) is 17.9 Å². The number of H-pyrrole nitrogens is 1. The zero-order valence-corrected chi connectivity index (χ0v) is 9.53. The molecule has 0 aliphatic carbocycles. The lowest BCUT2D eigenvalue weighted by molar-refractivity contribution is 0.299. The van der Waals surface area contributed by atoms with Gasteiger partial charge < -0.3 is 9.52 Å². The van der Waals surface area contributed by atoms with Gasteiger partial charge in [0.25, 0.3) is 0 Å². The topological polar surface area (TPSA) is 62.0 Å². The molecule has 0 fully saturated rings. The van der Waals surface area contributed by atoms with Gasteiger partial charge in [-0.1, -0.05) is 13.8 Å². The first-order valence-corrected chi connectivity index (χ1v) is 5.46. The maximum atomic E-state index is 9.09. The maximum Gasteiger partial charge on any atom is 0.154 e. The normalized spacial score (nSPS) is 11.2. The van der Waals surface area contributed by atoms with Crippen LogP contribution in [0.1, 0.15) is 31.0 Å². The Balaban J connectivity index is 2.46. The molecule has 0 atom stereocenters. The van der Waals surface area contributed by atoms with E-state index in [9.17, 15) is 0 Å². The quantitative estimate of drug-likeness (QED) is 0.831. The van der Waals surface area contributed by atoms with Crippen molar-refractivity contribution < 1.29 is 9.52 Å². The lowest BCUT2D eigenvalue weighted by atomic mass is 10.0. The van der Waals surface area contributed by atoms with Crippen molar-refractivity contribution in [3.63, 3.8) is 0 Å². The number of nitrogens with one attached hydrogen (secondary N) is 1. The molecule has 4 heteroatoms. The van der Waals surface area contributed by atoms with E-state index in [1.54, 1.807) is 6.26 Å². The van der Waals surface area contributed by atoms with Gasteiger partial charge in [0.2, 0.25) is 0 Å². The van der Waals surface area contributed by atoms with Crippen LogP contribution in [0, 0.1) is 0 Å². The summed E-state index contributed by atoms with van der Waals surface area (Å²) >= 11 is 0. The third-order valence-corrected chi connectivity index (χ3v) is 2.59. The van der Waals surface area contributed by atoms with Crippen molar-refractivity contribution in [2.75, 3.05) is 6.61 Å². The number of aliphatic hydroxyl groups excluding tert-OH is 1. The Morgan fingerprint density at radius 3 is 2.88 bits per heavy atom. The second-order valence-electron chi connectivity index (χ2n) is 4.07. The number of aliphatic hydroxyl groups is 1. The highest BCUT2D eigenvalue weighted by molar-refractivity contribution is 5.58. The molecule has 0 saturated heterocycles. The van der Waals surface area contributed by atoms with Crippen LogP contribution < -0.4 is 0 Å². The van der Waals surface area contributed by atoms with Crippen LogP contribution >= 0.6 is 0 Å². The molecule has 2 aromatic rings. The molecule has 4 nitrogen and oxygen atoms in total. The highest BCUT2D eigenvalue weighted by atomic mass is 16.3. The minimum Gasteiger partial charge on any atom is -0.463 e. The average Bonchev–Trinajstić information content (AvgIpc) is 2.84. The van der Waals surface area contributed by atoms with Crippen molar-refractivity contribution in [3.8, 4) is 11.5 Å². The first-order valence-electron chi connectivity index (χ1n) is 5.46. The summed E-state index contributed by atoms with van der Waals surface area (Å²) in [5.74, 6) is 1.10. The summed E-state index contributed by atoms with van der Waals surface area (Å²) in [5, 5.41) is 16.4. The van der Waals surface area contributed by atoms with Crippen LogP contribution in [0.15, 0.2) is 22.8 Å². The van der Waals surface area contributed by atoms with Crippen molar-refractivity contribution in [3.05, 3.63) is 29.7 Å². The molecule has 2 heterocycles. The number of aromatic nitrogens is 2. The zero-order valence-electron chi connectivity index (χ0n) is 9.53. The Morgan fingerprint density at radius 2 is 2.31 bits per heavy atom. The van der Waals surface area contributed by atoms with Crippen LogP contribution in [0.25, 0.3) is 11.5 Å². The van der Waals surface area contributed by atoms with Crippen LogP contribution in [0.4, 0.5) is 0 Å². The van der Waals surface area contributed by atoms with Gasteiger partial charge in [-0.2, -0.15) is 5.10 Å². The van der Waals surface area contributed by atoms with Gasteiger partial charge in [-0.25, -0.2) is 0 Å². The second-order valence-corrected chi connectivity index (χ2v) is 4.07. The molecular formula is C12H16N2O2. The van der Waals surface area contributed by atoms with Gasteiger partial charge in [-0.05, 0) is 24.5 Å². The fourth-order valence-corrected chi connectivity index (χ4v) is 1.84. The van der Waals surface area contributed by atoms with Crippen LogP contribution in [0.3, 0.4) is 0 Å². The number of aromatic amines is 1. The number of hydrogen-bond donors (Lipinski definition) is 2. The molecule has 0 spiro atoms. The Kier molecular flexibility index (Phi) is 3.10. The van der Waals surface area contributed by atoms with E-state index in [1.807, 2.05) is 12.1 Å².